The predicted molar refractivity (Wildman–Crippen MR) is 80.0 cm³/mol. The average molecular weight is 312 g/mol. The molecule has 2 rings (SSSR count). The highest BCUT2D eigenvalue weighted by Gasteiger charge is 2.17. The van der Waals surface area contributed by atoms with Crippen molar-refractivity contribution >= 4 is 27.3 Å². The lowest BCUT2D eigenvalue weighted by Crippen LogP contribution is -2.13. The molecule has 0 aromatic heterocycles. The van der Waals surface area contributed by atoms with Crippen LogP contribution in [0, 0.1) is 6.92 Å². The van der Waals surface area contributed by atoms with Gasteiger partial charge in [-0.3, -0.25) is 4.72 Å². The first-order valence-electron chi connectivity index (χ1n) is 5.85. The van der Waals surface area contributed by atoms with E-state index in [-0.39, 0.29) is 9.92 Å². The van der Waals surface area contributed by atoms with E-state index < -0.39 is 10.0 Å². The molecule has 0 radical (unpaired) electrons. The third-order valence-electron chi connectivity index (χ3n) is 2.72. The van der Waals surface area contributed by atoms with Gasteiger partial charge >= 0.3 is 0 Å². The van der Waals surface area contributed by atoms with E-state index in [1.165, 1.54) is 6.07 Å². The highest BCUT2D eigenvalue weighted by atomic mass is 35.5. The Hall–Kier alpha value is -1.72. The van der Waals surface area contributed by atoms with Crippen LogP contribution in [0.5, 0.6) is 5.75 Å². The SMILES string of the molecule is COc1ccc(NS(=O)(=O)c2ccc(C)cc2Cl)cc1. The summed E-state index contributed by atoms with van der Waals surface area (Å²) in [5.41, 5.74) is 1.35. The van der Waals surface area contributed by atoms with Crippen molar-refractivity contribution in [3.05, 3.63) is 53.1 Å². The van der Waals surface area contributed by atoms with Gasteiger partial charge in [0.1, 0.15) is 10.6 Å². The third kappa shape index (κ3) is 3.23. The number of nitrogens with one attached hydrogen (secondary N) is 1. The highest BCUT2D eigenvalue weighted by molar-refractivity contribution is 7.92. The zero-order chi connectivity index (χ0) is 14.8. The number of anilines is 1. The number of sulfonamides is 1. The molecule has 0 fully saturated rings. The van der Waals surface area contributed by atoms with Gasteiger partial charge < -0.3 is 4.74 Å². The van der Waals surface area contributed by atoms with E-state index in [4.69, 9.17) is 16.3 Å². The summed E-state index contributed by atoms with van der Waals surface area (Å²) in [7, 11) is -2.16. The van der Waals surface area contributed by atoms with Gasteiger partial charge in [0.05, 0.1) is 12.1 Å². The summed E-state index contributed by atoms with van der Waals surface area (Å²) in [6.45, 7) is 1.85. The fourth-order valence-corrected chi connectivity index (χ4v) is 3.35. The zero-order valence-corrected chi connectivity index (χ0v) is 12.6. The standard InChI is InChI=1S/C14H14ClNO3S/c1-10-3-8-14(13(15)9-10)20(17,18)16-11-4-6-12(19-2)7-5-11/h3-9,16H,1-2H3. The quantitative estimate of drug-likeness (QED) is 0.940. The summed E-state index contributed by atoms with van der Waals surface area (Å²) in [4.78, 5) is 0.0561. The Labute approximate surface area is 123 Å². The van der Waals surface area contributed by atoms with Crippen LogP contribution in [-0.2, 0) is 10.0 Å². The van der Waals surface area contributed by atoms with Crippen LogP contribution in [0.2, 0.25) is 5.02 Å². The number of ether oxygens (including phenoxy) is 1. The van der Waals surface area contributed by atoms with Crippen LogP contribution in [0.15, 0.2) is 47.4 Å². The van der Waals surface area contributed by atoms with E-state index in [0.717, 1.165) is 5.56 Å². The Balaban J connectivity index is 2.30. The van der Waals surface area contributed by atoms with Gasteiger partial charge in [-0.1, -0.05) is 17.7 Å². The van der Waals surface area contributed by atoms with Crippen LogP contribution in [0.4, 0.5) is 5.69 Å². The second kappa shape index (κ2) is 5.73. The number of aryl methyl sites for hydroxylation is 1. The van der Waals surface area contributed by atoms with Crippen LogP contribution in [0.25, 0.3) is 0 Å². The Bertz CT molecular complexity index is 712. The molecule has 2 aromatic carbocycles. The van der Waals surface area contributed by atoms with Crippen molar-refractivity contribution in [3.63, 3.8) is 0 Å². The molecule has 0 heterocycles. The van der Waals surface area contributed by atoms with Crippen LogP contribution in [0.1, 0.15) is 5.56 Å². The lowest BCUT2D eigenvalue weighted by atomic mass is 10.2. The first kappa shape index (κ1) is 14.7. The van der Waals surface area contributed by atoms with Gasteiger partial charge in [-0.05, 0) is 48.9 Å². The molecule has 0 saturated heterocycles. The summed E-state index contributed by atoms with van der Waals surface area (Å²) < 4.78 is 32.0. The number of halogens is 1. The molecule has 6 heteroatoms. The number of benzene rings is 2. The highest BCUT2D eigenvalue weighted by Crippen LogP contribution is 2.25. The Kier molecular flexibility index (Phi) is 4.20. The van der Waals surface area contributed by atoms with Crippen molar-refractivity contribution < 1.29 is 13.2 Å². The predicted octanol–water partition coefficient (Wildman–Crippen LogP) is 3.46. The van der Waals surface area contributed by atoms with Gasteiger partial charge in [-0.2, -0.15) is 0 Å². The van der Waals surface area contributed by atoms with Gasteiger partial charge in [0.25, 0.3) is 10.0 Å². The first-order valence-corrected chi connectivity index (χ1v) is 7.71. The summed E-state index contributed by atoms with van der Waals surface area (Å²) in [6.07, 6.45) is 0. The van der Waals surface area contributed by atoms with Gasteiger partial charge in [0, 0.05) is 5.69 Å². The topological polar surface area (TPSA) is 55.4 Å². The fourth-order valence-electron chi connectivity index (χ4n) is 1.69. The lowest BCUT2D eigenvalue weighted by molar-refractivity contribution is 0.415. The molecule has 1 N–H and O–H groups in total. The largest absolute Gasteiger partial charge is 0.497 e. The summed E-state index contributed by atoms with van der Waals surface area (Å²) in [6, 6.07) is 11.4. The minimum absolute atomic E-state index is 0.0561. The van der Waals surface area contributed by atoms with Crippen LogP contribution < -0.4 is 9.46 Å². The Morgan fingerprint density at radius 3 is 2.30 bits per heavy atom. The average Bonchev–Trinajstić information content (AvgIpc) is 2.38. The first-order chi connectivity index (χ1) is 9.42. The van der Waals surface area contributed by atoms with E-state index >= 15 is 0 Å². The maximum absolute atomic E-state index is 12.3. The molecule has 4 nitrogen and oxygen atoms in total. The summed E-state index contributed by atoms with van der Waals surface area (Å²) in [5.74, 6) is 0.654. The minimum atomic E-state index is -3.70. The fraction of sp³-hybridized carbons (Fsp3) is 0.143. The van der Waals surface area contributed by atoms with Crippen LogP contribution >= 0.6 is 11.6 Å². The van der Waals surface area contributed by atoms with Gasteiger partial charge in [0.15, 0.2) is 0 Å². The van der Waals surface area contributed by atoms with E-state index in [0.29, 0.717) is 11.4 Å². The molecule has 0 bridgehead atoms. The molecule has 0 aliphatic carbocycles. The number of hydrogen-bond donors (Lipinski definition) is 1. The van der Waals surface area contributed by atoms with Crippen molar-refractivity contribution in [3.8, 4) is 5.75 Å². The third-order valence-corrected chi connectivity index (χ3v) is 4.58. The number of hydrogen-bond acceptors (Lipinski definition) is 3. The van der Waals surface area contributed by atoms with Crippen molar-refractivity contribution in [2.75, 3.05) is 11.8 Å². The molecule has 20 heavy (non-hydrogen) atoms. The molecule has 0 unspecified atom stereocenters. The van der Waals surface area contributed by atoms with Crippen LogP contribution in [-0.4, -0.2) is 15.5 Å². The molecular weight excluding hydrogens is 298 g/mol. The van der Waals surface area contributed by atoms with Gasteiger partial charge in [-0.25, -0.2) is 8.42 Å². The molecule has 0 spiro atoms. The molecule has 0 amide bonds. The van der Waals surface area contributed by atoms with E-state index in [1.54, 1.807) is 43.5 Å². The Morgan fingerprint density at radius 2 is 1.75 bits per heavy atom. The maximum Gasteiger partial charge on any atom is 0.263 e. The van der Waals surface area contributed by atoms with E-state index in [9.17, 15) is 8.42 Å². The van der Waals surface area contributed by atoms with Gasteiger partial charge in [0.2, 0.25) is 0 Å². The molecular formula is C14H14ClNO3S. The summed E-state index contributed by atoms with van der Waals surface area (Å²) >= 11 is 5.99. The van der Waals surface area contributed by atoms with E-state index in [2.05, 4.69) is 4.72 Å². The van der Waals surface area contributed by atoms with Crippen LogP contribution in [0.3, 0.4) is 0 Å². The van der Waals surface area contributed by atoms with Crippen molar-refractivity contribution in [1.82, 2.24) is 0 Å². The molecule has 0 atom stereocenters. The van der Waals surface area contributed by atoms with Crippen molar-refractivity contribution in [2.45, 2.75) is 11.8 Å². The summed E-state index contributed by atoms with van der Waals surface area (Å²) in [5, 5.41) is 0.200. The zero-order valence-electron chi connectivity index (χ0n) is 11.1. The number of rotatable bonds is 4. The normalized spacial score (nSPS) is 11.2. The van der Waals surface area contributed by atoms with Crippen molar-refractivity contribution in [2.24, 2.45) is 0 Å². The monoisotopic (exact) mass is 311 g/mol. The molecule has 0 aliphatic heterocycles. The molecule has 0 aliphatic rings. The number of methoxy groups -OCH3 is 1. The molecule has 2 aromatic rings. The van der Waals surface area contributed by atoms with E-state index in [1.807, 2.05) is 6.92 Å². The second-order valence-electron chi connectivity index (χ2n) is 4.27. The van der Waals surface area contributed by atoms with Crippen molar-refractivity contribution in [1.29, 1.82) is 0 Å². The maximum atomic E-state index is 12.3. The Morgan fingerprint density at radius 1 is 1.10 bits per heavy atom. The molecule has 106 valence electrons. The van der Waals surface area contributed by atoms with Gasteiger partial charge in [-0.15, -0.1) is 0 Å². The lowest BCUT2D eigenvalue weighted by Gasteiger charge is -2.10. The molecule has 0 saturated carbocycles. The minimum Gasteiger partial charge on any atom is -0.497 e. The smallest absolute Gasteiger partial charge is 0.263 e. The second-order valence-corrected chi connectivity index (χ2v) is 6.33.